The second kappa shape index (κ2) is 8.11. The first kappa shape index (κ1) is 18.9. The van der Waals surface area contributed by atoms with Crippen LogP contribution in [-0.2, 0) is 14.8 Å². The topological polar surface area (TPSA) is 63.7 Å². The van der Waals surface area contributed by atoms with E-state index in [1.54, 1.807) is 30.3 Å². The van der Waals surface area contributed by atoms with Crippen molar-refractivity contribution in [3.8, 4) is 0 Å². The number of unbranched alkanes of at least 4 members (excludes halogenated alkanes) is 1. The summed E-state index contributed by atoms with van der Waals surface area (Å²) in [7, 11) is -2.99. The van der Waals surface area contributed by atoms with Crippen molar-refractivity contribution in [1.82, 2.24) is 0 Å². The van der Waals surface area contributed by atoms with Crippen molar-refractivity contribution in [2.75, 3.05) is 18.0 Å². The van der Waals surface area contributed by atoms with Crippen molar-refractivity contribution in [2.45, 2.75) is 24.7 Å². The Morgan fingerprint density at radius 3 is 2.44 bits per heavy atom. The summed E-state index contributed by atoms with van der Waals surface area (Å²) in [6.45, 7) is 2.15. The highest BCUT2D eigenvalue weighted by molar-refractivity contribution is 7.92. The van der Waals surface area contributed by atoms with Gasteiger partial charge in [0.05, 0.1) is 18.4 Å². The predicted octanol–water partition coefficient (Wildman–Crippen LogP) is 3.61. The monoisotopic (exact) mass is 365 g/mol. The van der Waals surface area contributed by atoms with Gasteiger partial charge in [-0.15, -0.1) is 0 Å². The average molecular weight is 365 g/mol. The Hall–Kier alpha value is -2.41. The number of sulfonamides is 1. The highest BCUT2D eigenvalue weighted by Crippen LogP contribution is 2.26. The molecule has 2 aromatic rings. The van der Waals surface area contributed by atoms with E-state index in [1.807, 2.05) is 6.92 Å². The van der Waals surface area contributed by atoms with Gasteiger partial charge in [0.25, 0.3) is 10.0 Å². The van der Waals surface area contributed by atoms with Crippen molar-refractivity contribution >= 4 is 21.7 Å². The number of carbonyl (C=O) groups excluding carboxylic acids is 1. The molecule has 25 heavy (non-hydrogen) atoms. The fraction of sp³-hybridized carbons (Fsp3) is 0.278. The third-order valence-corrected chi connectivity index (χ3v) is 5.52. The number of hydrogen-bond acceptors (Lipinski definition) is 4. The molecule has 0 aliphatic heterocycles. The third kappa shape index (κ3) is 4.17. The van der Waals surface area contributed by atoms with Crippen molar-refractivity contribution in [3.05, 3.63) is 59.9 Å². The molecule has 0 spiro atoms. The van der Waals surface area contributed by atoms with Crippen molar-refractivity contribution < 1.29 is 22.3 Å². The van der Waals surface area contributed by atoms with Gasteiger partial charge in [-0.3, -0.25) is 4.31 Å². The van der Waals surface area contributed by atoms with Gasteiger partial charge in [0, 0.05) is 6.54 Å². The maximum Gasteiger partial charge on any atom is 0.337 e. The van der Waals surface area contributed by atoms with Crippen molar-refractivity contribution in [2.24, 2.45) is 0 Å². The lowest BCUT2D eigenvalue weighted by molar-refractivity contribution is 0.0600. The van der Waals surface area contributed by atoms with Crippen LogP contribution in [0.25, 0.3) is 0 Å². The summed E-state index contributed by atoms with van der Waals surface area (Å²) in [4.78, 5) is 11.1. The number of para-hydroxylation sites is 1. The van der Waals surface area contributed by atoms with Crippen LogP contribution in [0.2, 0.25) is 0 Å². The normalized spacial score (nSPS) is 11.2. The highest BCUT2D eigenvalue weighted by atomic mass is 32.2. The lowest BCUT2D eigenvalue weighted by atomic mass is 10.2. The van der Waals surface area contributed by atoms with Gasteiger partial charge >= 0.3 is 5.97 Å². The van der Waals surface area contributed by atoms with Gasteiger partial charge in [0.2, 0.25) is 0 Å². The summed E-state index contributed by atoms with van der Waals surface area (Å²) in [6, 6.07) is 11.7. The number of ether oxygens (including phenoxy) is 1. The average Bonchev–Trinajstić information content (AvgIpc) is 2.62. The number of nitrogens with zero attached hydrogens (tertiary/aromatic N) is 1. The Morgan fingerprint density at radius 1 is 1.16 bits per heavy atom. The maximum atomic E-state index is 14.3. The van der Waals surface area contributed by atoms with E-state index < -0.39 is 26.7 Å². The molecule has 0 fully saturated rings. The predicted molar refractivity (Wildman–Crippen MR) is 93.6 cm³/mol. The molecule has 0 aromatic heterocycles. The molecule has 0 saturated heterocycles. The maximum absolute atomic E-state index is 14.3. The first-order valence-corrected chi connectivity index (χ1v) is 9.31. The second-order valence-electron chi connectivity index (χ2n) is 5.40. The molecule has 0 radical (unpaired) electrons. The number of anilines is 1. The largest absolute Gasteiger partial charge is 0.465 e. The van der Waals surface area contributed by atoms with Crippen LogP contribution in [0.4, 0.5) is 10.1 Å². The molecule has 0 bridgehead atoms. The van der Waals surface area contributed by atoms with Gasteiger partial charge < -0.3 is 4.74 Å². The molecule has 0 aliphatic rings. The summed E-state index contributed by atoms with van der Waals surface area (Å²) < 4.78 is 46.1. The zero-order valence-corrected chi connectivity index (χ0v) is 14.9. The molecule has 0 aliphatic carbocycles. The Balaban J connectivity index is 2.55. The lowest BCUT2D eigenvalue weighted by Gasteiger charge is -2.24. The van der Waals surface area contributed by atoms with Crippen LogP contribution in [0.3, 0.4) is 0 Å². The summed E-state index contributed by atoms with van der Waals surface area (Å²) in [5, 5.41) is 0. The second-order valence-corrected chi connectivity index (χ2v) is 7.23. The molecule has 7 heteroatoms. The molecule has 5 nitrogen and oxygen atoms in total. The Bertz CT molecular complexity index is 837. The molecule has 2 aromatic carbocycles. The van der Waals surface area contributed by atoms with Crippen LogP contribution in [0, 0.1) is 5.82 Å². The Morgan fingerprint density at radius 2 is 1.84 bits per heavy atom. The summed E-state index contributed by atoms with van der Waals surface area (Å²) in [6.07, 6.45) is 1.40. The van der Waals surface area contributed by atoms with Crippen LogP contribution < -0.4 is 4.31 Å². The molecule has 0 heterocycles. The van der Waals surface area contributed by atoms with Gasteiger partial charge in [-0.1, -0.05) is 31.5 Å². The van der Waals surface area contributed by atoms with E-state index >= 15 is 0 Å². The van der Waals surface area contributed by atoms with E-state index in [1.165, 1.54) is 13.2 Å². The SMILES string of the molecule is CCCCN(c1ccccc1)S(=O)(=O)c1cc(C(=O)OC)ccc1F. The summed E-state index contributed by atoms with van der Waals surface area (Å²) in [5.74, 6) is -1.64. The minimum Gasteiger partial charge on any atom is -0.465 e. The van der Waals surface area contributed by atoms with E-state index in [0.717, 1.165) is 22.9 Å². The molecule has 0 amide bonds. The number of carbonyl (C=O) groups is 1. The van der Waals surface area contributed by atoms with Gasteiger partial charge in [-0.05, 0) is 36.8 Å². The van der Waals surface area contributed by atoms with Crippen molar-refractivity contribution in [1.29, 1.82) is 0 Å². The minimum absolute atomic E-state index is 0.0222. The zero-order chi connectivity index (χ0) is 18.4. The molecule has 134 valence electrons. The smallest absolute Gasteiger partial charge is 0.337 e. The van der Waals surface area contributed by atoms with Gasteiger partial charge in [-0.2, -0.15) is 0 Å². The van der Waals surface area contributed by atoms with Gasteiger partial charge in [0.1, 0.15) is 10.7 Å². The van der Waals surface area contributed by atoms with Crippen LogP contribution in [0.15, 0.2) is 53.4 Å². The number of methoxy groups -OCH3 is 1. The van der Waals surface area contributed by atoms with Crippen LogP contribution in [-0.4, -0.2) is 28.0 Å². The minimum atomic E-state index is -4.17. The van der Waals surface area contributed by atoms with E-state index in [-0.39, 0.29) is 12.1 Å². The summed E-state index contributed by atoms with van der Waals surface area (Å²) in [5.41, 5.74) is 0.421. The summed E-state index contributed by atoms with van der Waals surface area (Å²) >= 11 is 0. The molecular weight excluding hydrogens is 345 g/mol. The number of benzene rings is 2. The molecule has 2 rings (SSSR count). The van der Waals surface area contributed by atoms with E-state index in [4.69, 9.17) is 0 Å². The fourth-order valence-corrected chi connectivity index (χ4v) is 3.95. The van der Waals surface area contributed by atoms with Crippen LogP contribution >= 0.6 is 0 Å². The van der Waals surface area contributed by atoms with Crippen LogP contribution in [0.5, 0.6) is 0 Å². The quantitative estimate of drug-likeness (QED) is 0.703. The fourth-order valence-electron chi connectivity index (χ4n) is 2.35. The highest BCUT2D eigenvalue weighted by Gasteiger charge is 2.28. The lowest BCUT2D eigenvalue weighted by Crippen LogP contribution is -2.32. The van der Waals surface area contributed by atoms with Crippen molar-refractivity contribution in [3.63, 3.8) is 0 Å². The molecule has 0 atom stereocenters. The number of halogens is 1. The van der Waals surface area contributed by atoms with E-state index in [0.29, 0.717) is 12.1 Å². The van der Waals surface area contributed by atoms with Gasteiger partial charge in [0.15, 0.2) is 0 Å². The molecular formula is C18H20FNO4S. The van der Waals surface area contributed by atoms with Gasteiger partial charge in [-0.25, -0.2) is 17.6 Å². The zero-order valence-electron chi connectivity index (χ0n) is 14.1. The number of esters is 1. The number of hydrogen-bond donors (Lipinski definition) is 0. The Labute approximate surface area is 147 Å². The van der Waals surface area contributed by atoms with Crippen LogP contribution in [0.1, 0.15) is 30.1 Å². The standard InChI is InChI=1S/C18H20FNO4S/c1-3-4-12-20(15-8-6-5-7-9-15)25(22,23)17-13-14(18(21)24-2)10-11-16(17)19/h5-11,13H,3-4,12H2,1-2H3. The molecule has 0 unspecified atom stereocenters. The molecule has 0 N–H and O–H groups in total. The number of rotatable bonds is 7. The van der Waals surface area contributed by atoms with E-state index in [2.05, 4.69) is 4.74 Å². The first-order chi connectivity index (χ1) is 11.9. The first-order valence-electron chi connectivity index (χ1n) is 7.87. The Kier molecular flexibility index (Phi) is 6.14. The third-order valence-electron chi connectivity index (χ3n) is 3.68. The molecule has 0 saturated carbocycles. The van der Waals surface area contributed by atoms with E-state index in [9.17, 15) is 17.6 Å².